The highest BCUT2D eigenvalue weighted by Gasteiger charge is 2.16. The zero-order valence-electron chi connectivity index (χ0n) is 13.3. The van der Waals surface area contributed by atoms with Crippen LogP contribution in [0.3, 0.4) is 0 Å². The third kappa shape index (κ3) is 3.12. The smallest absolute Gasteiger partial charge is 0.0130 e. The molecule has 0 heteroatoms. The van der Waals surface area contributed by atoms with E-state index in [1.54, 1.807) is 0 Å². The third-order valence-electron chi connectivity index (χ3n) is 4.46. The van der Waals surface area contributed by atoms with Crippen LogP contribution in [0.15, 0.2) is 78.9 Å². The highest BCUT2D eigenvalue weighted by molar-refractivity contribution is 5.40. The van der Waals surface area contributed by atoms with Crippen molar-refractivity contribution in [3.8, 4) is 0 Å². The SMILES string of the molecule is Cc1cccc(C)c1CC(c1ccccc1)c1ccccc1. The minimum atomic E-state index is 0.405. The Morgan fingerprint density at radius 2 is 1.05 bits per heavy atom. The fourth-order valence-corrected chi connectivity index (χ4v) is 3.17. The van der Waals surface area contributed by atoms with Crippen LogP contribution in [0.25, 0.3) is 0 Å². The average Bonchev–Trinajstić information content (AvgIpc) is 2.56. The molecule has 0 amide bonds. The predicted molar refractivity (Wildman–Crippen MR) is 94.3 cm³/mol. The molecule has 22 heavy (non-hydrogen) atoms. The molecule has 0 aliphatic carbocycles. The summed E-state index contributed by atoms with van der Waals surface area (Å²) in [4.78, 5) is 0. The van der Waals surface area contributed by atoms with E-state index in [1.165, 1.54) is 27.8 Å². The molecule has 0 heterocycles. The van der Waals surface area contributed by atoms with E-state index in [4.69, 9.17) is 0 Å². The number of aryl methyl sites for hydroxylation is 2. The quantitative estimate of drug-likeness (QED) is 0.579. The van der Waals surface area contributed by atoms with Gasteiger partial charge in [0, 0.05) is 5.92 Å². The van der Waals surface area contributed by atoms with Crippen molar-refractivity contribution >= 4 is 0 Å². The molecule has 3 aromatic rings. The Morgan fingerprint density at radius 1 is 0.591 bits per heavy atom. The van der Waals surface area contributed by atoms with Gasteiger partial charge in [-0.3, -0.25) is 0 Å². The van der Waals surface area contributed by atoms with E-state index in [-0.39, 0.29) is 0 Å². The van der Waals surface area contributed by atoms with Gasteiger partial charge in [0.05, 0.1) is 0 Å². The van der Waals surface area contributed by atoms with Gasteiger partial charge in [-0.1, -0.05) is 78.9 Å². The maximum atomic E-state index is 2.24. The summed E-state index contributed by atoms with van der Waals surface area (Å²) >= 11 is 0. The Labute approximate surface area is 133 Å². The molecular formula is C22H22. The van der Waals surface area contributed by atoms with Crippen molar-refractivity contribution in [1.82, 2.24) is 0 Å². The third-order valence-corrected chi connectivity index (χ3v) is 4.46. The summed E-state index contributed by atoms with van der Waals surface area (Å²) in [7, 11) is 0. The van der Waals surface area contributed by atoms with Crippen molar-refractivity contribution in [2.45, 2.75) is 26.2 Å². The molecule has 0 saturated carbocycles. The number of hydrogen-bond donors (Lipinski definition) is 0. The molecule has 0 atom stereocenters. The standard InChI is InChI=1S/C22H22/c1-17-10-9-11-18(2)21(17)16-22(19-12-5-3-6-13-19)20-14-7-4-8-15-20/h3-15,22H,16H2,1-2H3. The summed E-state index contributed by atoms with van der Waals surface area (Å²) in [6.07, 6.45) is 1.05. The number of benzene rings is 3. The second-order valence-electron chi connectivity index (χ2n) is 5.95. The summed E-state index contributed by atoms with van der Waals surface area (Å²) in [5.74, 6) is 0.405. The highest BCUT2D eigenvalue weighted by atomic mass is 14.2. The normalized spacial score (nSPS) is 10.9. The molecule has 3 rings (SSSR count). The minimum Gasteiger partial charge on any atom is -0.0622 e. The second kappa shape index (κ2) is 6.62. The highest BCUT2D eigenvalue weighted by Crippen LogP contribution is 2.30. The lowest BCUT2D eigenvalue weighted by Crippen LogP contribution is -2.07. The first-order valence-corrected chi connectivity index (χ1v) is 7.90. The van der Waals surface area contributed by atoms with Crippen LogP contribution in [-0.4, -0.2) is 0 Å². The van der Waals surface area contributed by atoms with Crippen LogP contribution in [0, 0.1) is 13.8 Å². The van der Waals surface area contributed by atoms with E-state index in [2.05, 4.69) is 92.7 Å². The van der Waals surface area contributed by atoms with Gasteiger partial charge in [0.1, 0.15) is 0 Å². The van der Waals surface area contributed by atoms with Crippen molar-refractivity contribution in [3.63, 3.8) is 0 Å². The van der Waals surface area contributed by atoms with Gasteiger partial charge in [0.15, 0.2) is 0 Å². The van der Waals surface area contributed by atoms with Crippen LogP contribution in [0.2, 0.25) is 0 Å². The van der Waals surface area contributed by atoms with Gasteiger partial charge in [-0.2, -0.15) is 0 Å². The van der Waals surface area contributed by atoms with Gasteiger partial charge in [-0.25, -0.2) is 0 Å². The molecule has 0 N–H and O–H groups in total. The van der Waals surface area contributed by atoms with Crippen molar-refractivity contribution < 1.29 is 0 Å². The van der Waals surface area contributed by atoms with Crippen LogP contribution in [0.4, 0.5) is 0 Å². The van der Waals surface area contributed by atoms with Gasteiger partial charge in [-0.05, 0) is 48.1 Å². The topological polar surface area (TPSA) is 0 Å². The monoisotopic (exact) mass is 286 g/mol. The lowest BCUT2D eigenvalue weighted by atomic mass is 9.83. The van der Waals surface area contributed by atoms with Crippen molar-refractivity contribution in [2.24, 2.45) is 0 Å². The summed E-state index contributed by atoms with van der Waals surface area (Å²) in [5, 5.41) is 0. The second-order valence-corrected chi connectivity index (χ2v) is 5.95. The summed E-state index contributed by atoms with van der Waals surface area (Å²) in [6.45, 7) is 4.44. The van der Waals surface area contributed by atoms with E-state index in [0.29, 0.717) is 5.92 Å². The molecule has 0 nitrogen and oxygen atoms in total. The average molecular weight is 286 g/mol. The predicted octanol–water partition coefficient (Wildman–Crippen LogP) is 5.68. The van der Waals surface area contributed by atoms with E-state index < -0.39 is 0 Å². The van der Waals surface area contributed by atoms with E-state index in [0.717, 1.165) is 6.42 Å². The molecule has 3 aromatic carbocycles. The van der Waals surface area contributed by atoms with Gasteiger partial charge in [-0.15, -0.1) is 0 Å². The Bertz CT molecular complexity index is 667. The molecule has 0 radical (unpaired) electrons. The molecule has 0 bridgehead atoms. The molecule has 0 unspecified atom stereocenters. The summed E-state index contributed by atoms with van der Waals surface area (Å²) in [6, 6.07) is 28.3. The van der Waals surface area contributed by atoms with Gasteiger partial charge >= 0.3 is 0 Å². The molecule has 0 saturated heterocycles. The van der Waals surface area contributed by atoms with Crippen molar-refractivity contribution in [1.29, 1.82) is 0 Å². The lowest BCUT2D eigenvalue weighted by molar-refractivity contribution is 0.795. The van der Waals surface area contributed by atoms with Gasteiger partial charge < -0.3 is 0 Å². The van der Waals surface area contributed by atoms with E-state index >= 15 is 0 Å². The first kappa shape index (κ1) is 14.6. The van der Waals surface area contributed by atoms with E-state index in [1.807, 2.05) is 0 Å². The van der Waals surface area contributed by atoms with Crippen LogP contribution < -0.4 is 0 Å². The number of hydrogen-bond acceptors (Lipinski definition) is 0. The minimum absolute atomic E-state index is 0.405. The largest absolute Gasteiger partial charge is 0.0622 e. The maximum absolute atomic E-state index is 2.24. The van der Waals surface area contributed by atoms with Crippen LogP contribution in [0.1, 0.15) is 33.7 Å². The first-order chi connectivity index (χ1) is 10.8. The Hall–Kier alpha value is -2.34. The molecule has 0 aliphatic heterocycles. The summed E-state index contributed by atoms with van der Waals surface area (Å²) in [5.41, 5.74) is 7.02. The summed E-state index contributed by atoms with van der Waals surface area (Å²) < 4.78 is 0. The molecule has 0 aliphatic rings. The fraction of sp³-hybridized carbons (Fsp3) is 0.182. The fourth-order valence-electron chi connectivity index (χ4n) is 3.17. The van der Waals surface area contributed by atoms with Crippen LogP contribution in [-0.2, 0) is 6.42 Å². The Morgan fingerprint density at radius 3 is 1.50 bits per heavy atom. The lowest BCUT2D eigenvalue weighted by Gasteiger charge is -2.21. The Balaban J connectivity index is 2.03. The van der Waals surface area contributed by atoms with Crippen molar-refractivity contribution in [3.05, 3.63) is 107 Å². The number of rotatable bonds is 4. The van der Waals surface area contributed by atoms with Crippen LogP contribution >= 0.6 is 0 Å². The van der Waals surface area contributed by atoms with Gasteiger partial charge in [0.25, 0.3) is 0 Å². The van der Waals surface area contributed by atoms with Crippen LogP contribution in [0.5, 0.6) is 0 Å². The van der Waals surface area contributed by atoms with Crippen molar-refractivity contribution in [2.75, 3.05) is 0 Å². The molecule has 0 aromatic heterocycles. The Kier molecular flexibility index (Phi) is 4.39. The maximum Gasteiger partial charge on any atom is 0.0130 e. The van der Waals surface area contributed by atoms with Gasteiger partial charge in [0.2, 0.25) is 0 Å². The molecular weight excluding hydrogens is 264 g/mol. The first-order valence-electron chi connectivity index (χ1n) is 7.90. The molecule has 110 valence electrons. The zero-order chi connectivity index (χ0) is 15.4. The zero-order valence-corrected chi connectivity index (χ0v) is 13.3. The molecule has 0 spiro atoms. The molecule has 0 fully saturated rings. The van der Waals surface area contributed by atoms with E-state index in [9.17, 15) is 0 Å².